The Morgan fingerprint density at radius 3 is 2.18 bits per heavy atom. The number of anilines is 1. The predicted octanol–water partition coefficient (Wildman–Crippen LogP) is 3.09. The van der Waals surface area contributed by atoms with E-state index in [1.165, 1.54) is 17.7 Å². The SMILES string of the molecule is CCCc1ccc(N(C)C(CO)C(C)C)cc1. The fourth-order valence-corrected chi connectivity index (χ4v) is 2.16. The van der Waals surface area contributed by atoms with Crippen LogP contribution in [0, 0.1) is 5.92 Å². The van der Waals surface area contributed by atoms with Gasteiger partial charge in [-0.15, -0.1) is 0 Å². The predicted molar refractivity (Wildman–Crippen MR) is 74.6 cm³/mol. The van der Waals surface area contributed by atoms with Crippen molar-refractivity contribution in [1.29, 1.82) is 0 Å². The molecule has 1 aromatic carbocycles. The van der Waals surface area contributed by atoms with E-state index in [2.05, 4.69) is 57.0 Å². The molecule has 0 aliphatic heterocycles. The number of hydrogen-bond acceptors (Lipinski definition) is 2. The van der Waals surface area contributed by atoms with E-state index in [4.69, 9.17) is 0 Å². The highest BCUT2D eigenvalue weighted by Crippen LogP contribution is 2.20. The van der Waals surface area contributed by atoms with Crippen molar-refractivity contribution in [2.45, 2.75) is 39.7 Å². The monoisotopic (exact) mass is 235 g/mol. The first-order valence-corrected chi connectivity index (χ1v) is 6.52. The summed E-state index contributed by atoms with van der Waals surface area (Å²) >= 11 is 0. The summed E-state index contributed by atoms with van der Waals surface area (Å²) in [5.41, 5.74) is 2.56. The van der Waals surface area contributed by atoms with Gasteiger partial charge >= 0.3 is 0 Å². The molecule has 0 fully saturated rings. The highest BCUT2D eigenvalue weighted by Gasteiger charge is 2.17. The molecule has 1 aromatic rings. The van der Waals surface area contributed by atoms with Crippen LogP contribution in [0.1, 0.15) is 32.8 Å². The normalized spacial score (nSPS) is 12.8. The zero-order valence-corrected chi connectivity index (χ0v) is 11.5. The van der Waals surface area contributed by atoms with Crippen LogP contribution in [0.5, 0.6) is 0 Å². The molecule has 0 aliphatic rings. The lowest BCUT2D eigenvalue weighted by Crippen LogP contribution is -2.38. The summed E-state index contributed by atoms with van der Waals surface area (Å²) < 4.78 is 0. The molecule has 0 amide bonds. The number of benzene rings is 1. The number of nitrogens with zero attached hydrogens (tertiary/aromatic N) is 1. The Hall–Kier alpha value is -1.02. The van der Waals surface area contributed by atoms with Crippen molar-refractivity contribution in [2.24, 2.45) is 5.92 Å². The molecule has 1 unspecified atom stereocenters. The van der Waals surface area contributed by atoms with Crippen LogP contribution in [0.4, 0.5) is 5.69 Å². The number of aliphatic hydroxyl groups is 1. The minimum absolute atomic E-state index is 0.187. The highest BCUT2D eigenvalue weighted by atomic mass is 16.3. The first kappa shape index (κ1) is 14.0. The average Bonchev–Trinajstić information content (AvgIpc) is 2.30. The van der Waals surface area contributed by atoms with Gasteiger partial charge in [0, 0.05) is 12.7 Å². The van der Waals surface area contributed by atoms with Crippen LogP contribution in [-0.2, 0) is 6.42 Å². The van der Waals surface area contributed by atoms with Crippen molar-refractivity contribution in [1.82, 2.24) is 0 Å². The Kier molecular flexibility index (Phi) is 5.49. The summed E-state index contributed by atoms with van der Waals surface area (Å²) in [5.74, 6) is 0.445. The van der Waals surface area contributed by atoms with Gasteiger partial charge in [-0.1, -0.05) is 39.3 Å². The fourth-order valence-electron chi connectivity index (χ4n) is 2.16. The summed E-state index contributed by atoms with van der Waals surface area (Å²) in [5, 5.41) is 9.43. The van der Waals surface area contributed by atoms with Crippen molar-refractivity contribution in [3.8, 4) is 0 Å². The van der Waals surface area contributed by atoms with Crippen LogP contribution >= 0.6 is 0 Å². The second kappa shape index (κ2) is 6.65. The van der Waals surface area contributed by atoms with Crippen molar-refractivity contribution >= 4 is 5.69 Å². The van der Waals surface area contributed by atoms with Crippen molar-refractivity contribution in [2.75, 3.05) is 18.6 Å². The maximum Gasteiger partial charge on any atom is 0.0637 e. The zero-order valence-electron chi connectivity index (χ0n) is 11.5. The molecule has 0 aliphatic carbocycles. The van der Waals surface area contributed by atoms with E-state index >= 15 is 0 Å². The van der Waals surface area contributed by atoms with Crippen molar-refractivity contribution in [3.63, 3.8) is 0 Å². The zero-order chi connectivity index (χ0) is 12.8. The Balaban J connectivity index is 2.77. The molecular formula is C15H25NO. The highest BCUT2D eigenvalue weighted by molar-refractivity contribution is 5.48. The Bertz CT molecular complexity index is 318. The fraction of sp³-hybridized carbons (Fsp3) is 0.600. The molecule has 2 nitrogen and oxygen atoms in total. The van der Waals surface area contributed by atoms with E-state index in [-0.39, 0.29) is 12.6 Å². The van der Waals surface area contributed by atoms with Crippen molar-refractivity contribution < 1.29 is 5.11 Å². The standard InChI is InChI=1S/C15H25NO/c1-5-6-13-7-9-14(10-8-13)16(4)15(11-17)12(2)3/h7-10,12,15,17H,5-6,11H2,1-4H3. The molecule has 0 aromatic heterocycles. The second-order valence-electron chi connectivity index (χ2n) is 5.02. The summed E-state index contributed by atoms with van der Waals surface area (Å²) in [6.07, 6.45) is 2.32. The van der Waals surface area contributed by atoms with Gasteiger partial charge in [-0.2, -0.15) is 0 Å². The van der Waals surface area contributed by atoms with Crippen LogP contribution in [0.3, 0.4) is 0 Å². The van der Waals surface area contributed by atoms with E-state index in [9.17, 15) is 5.11 Å². The number of likely N-dealkylation sites (N-methyl/N-ethyl adjacent to an activating group) is 1. The maximum absolute atomic E-state index is 9.43. The number of aliphatic hydroxyl groups excluding tert-OH is 1. The van der Waals surface area contributed by atoms with Gasteiger partial charge in [0.25, 0.3) is 0 Å². The molecule has 17 heavy (non-hydrogen) atoms. The molecule has 0 bridgehead atoms. The molecule has 0 spiro atoms. The van der Waals surface area contributed by atoms with Gasteiger partial charge in [-0.05, 0) is 30.0 Å². The van der Waals surface area contributed by atoms with E-state index in [0.29, 0.717) is 5.92 Å². The Morgan fingerprint density at radius 1 is 1.18 bits per heavy atom. The van der Waals surface area contributed by atoms with Gasteiger partial charge in [-0.3, -0.25) is 0 Å². The van der Waals surface area contributed by atoms with Gasteiger partial charge < -0.3 is 10.0 Å². The van der Waals surface area contributed by atoms with Crippen LogP contribution in [0.2, 0.25) is 0 Å². The first-order chi connectivity index (χ1) is 8.10. The number of hydrogen-bond donors (Lipinski definition) is 1. The Labute approximate surface area is 105 Å². The molecular weight excluding hydrogens is 210 g/mol. The third-order valence-electron chi connectivity index (χ3n) is 3.34. The van der Waals surface area contributed by atoms with Gasteiger partial charge in [0.2, 0.25) is 0 Å². The summed E-state index contributed by atoms with van der Waals surface area (Å²) in [4.78, 5) is 2.17. The largest absolute Gasteiger partial charge is 0.394 e. The second-order valence-corrected chi connectivity index (χ2v) is 5.02. The lowest BCUT2D eigenvalue weighted by atomic mass is 10.0. The van der Waals surface area contributed by atoms with Crippen molar-refractivity contribution in [3.05, 3.63) is 29.8 Å². The third kappa shape index (κ3) is 3.74. The number of rotatable bonds is 6. The average molecular weight is 235 g/mol. The molecule has 0 heterocycles. The lowest BCUT2D eigenvalue weighted by molar-refractivity contribution is 0.234. The van der Waals surface area contributed by atoms with Gasteiger partial charge in [-0.25, -0.2) is 0 Å². The minimum atomic E-state index is 0.187. The van der Waals surface area contributed by atoms with Crippen LogP contribution in [0.15, 0.2) is 24.3 Å². The molecule has 0 saturated carbocycles. The van der Waals surface area contributed by atoms with Gasteiger partial charge in [0.15, 0.2) is 0 Å². The third-order valence-corrected chi connectivity index (χ3v) is 3.34. The van der Waals surface area contributed by atoms with Gasteiger partial charge in [0.1, 0.15) is 0 Å². The van der Waals surface area contributed by atoms with Crippen LogP contribution < -0.4 is 4.90 Å². The van der Waals surface area contributed by atoms with Crippen LogP contribution in [-0.4, -0.2) is 24.8 Å². The molecule has 1 N–H and O–H groups in total. The number of aryl methyl sites for hydroxylation is 1. The molecule has 1 rings (SSSR count). The summed E-state index contributed by atoms with van der Waals surface area (Å²) in [6, 6.07) is 8.85. The molecule has 1 atom stereocenters. The van der Waals surface area contributed by atoms with E-state index in [1.807, 2.05) is 0 Å². The molecule has 0 radical (unpaired) electrons. The van der Waals surface area contributed by atoms with E-state index in [1.54, 1.807) is 0 Å². The first-order valence-electron chi connectivity index (χ1n) is 6.52. The van der Waals surface area contributed by atoms with Crippen LogP contribution in [0.25, 0.3) is 0 Å². The van der Waals surface area contributed by atoms with E-state index < -0.39 is 0 Å². The minimum Gasteiger partial charge on any atom is -0.394 e. The van der Waals surface area contributed by atoms with E-state index in [0.717, 1.165) is 6.42 Å². The lowest BCUT2D eigenvalue weighted by Gasteiger charge is -2.31. The summed E-state index contributed by atoms with van der Waals surface area (Å²) in [7, 11) is 2.05. The van der Waals surface area contributed by atoms with Gasteiger partial charge in [0.05, 0.1) is 12.6 Å². The summed E-state index contributed by atoms with van der Waals surface area (Å²) in [6.45, 7) is 6.68. The molecule has 96 valence electrons. The molecule has 0 saturated heterocycles. The smallest absolute Gasteiger partial charge is 0.0637 e. The topological polar surface area (TPSA) is 23.5 Å². The Morgan fingerprint density at radius 2 is 1.76 bits per heavy atom. The quantitative estimate of drug-likeness (QED) is 0.819. The maximum atomic E-state index is 9.43. The molecule has 2 heteroatoms.